The molecule has 0 radical (unpaired) electrons. The number of carbonyl (C=O) groups is 2. The van der Waals surface area contributed by atoms with Crippen LogP contribution >= 0.6 is 0 Å². The predicted molar refractivity (Wildman–Crippen MR) is 145 cm³/mol. The fourth-order valence-electron chi connectivity index (χ4n) is 6.77. The van der Waals surface area contributed by atoms with Crippen LogP contribution in [-0.2, 0) is 22.3 Å². The van der Waals surface area contributed by atoms with Crippen LogP contribution in [0.1, 0.15) is 78.4 Å². The number of esters is 1. The molecule has 0 bridgehead atoms. The number of rotatable bonds is 7. The number of hydrogen-bond donors (Lipinski definition) is 1. The third kappa shape index (κ3) is 6.23. The highest BCUT2D eigenvalue weighted by molar-refractivity contribution is 5.89. The van der Waals surface area contributed by atoms with Crippen LogP contribution in [0.25, 0.3) is 0 Å². The smallest absolute Gasteiger partial charge is 0.416 e. The molecule has 2 atom stereocenters. The molecule has 2 heterocycles. The molecule has 2 aromatic carbocycles. The number of ether oxygens (including phenoxy) is 2. The Hall–Kier alpha value is -3.11. The number of alkyl halides is 3. The summed E-state index contributed by atoms with van der Waals surface area (Å²) in [6.45, 7) is 3.74. The van der Waals surface area contributed by atoms with Crippen molar-refractivity contribution in [3.8, 4) is 5.75 Å². The standard InChI is InChI=1S/C31H37F3N2O5/c1-2-40-28(38)23-5-3-4-22(16-23)21-9-13-35(14-10-21)26-8-11-30(18-26,12-15-37)29(39)36-19-24-17-25(31(32,33)34)6-7-27(24)41-20-36/h3-7,16-17,21,26,37H,2,8-15,18-20H2,1H3/t26-,30-/m1/s1. The first-order chi connectivity index (χ1) is 19.6. The molecule has 2 aromatic rings. The van der Waals surface area contributed by atoms with Crippen molar-refractivity contribution >= 4 is 11.9 Å². The SMILES string of the molecule is CCOC(=O)c1cccc(C2CCN([C@@H]3CC[C@](CCO)(C(=O)N4COc5ccc(C(F)(F)F)cc5C4)C3)CC2)c1. The lowest BCUT2D eigenvalue weighted by atomic mass is 9.80. The Morgan fingerprint density at radius 2 is 1.90 bits per heavy atom. The number of amides is 1. The maximum absolute atomic E-state index is 13.9. The third-order valence-electron chi connectivity index (χ3n) is 8.95. The summed E-state index contributed by atoms with van der Waals surface area (Å²) >= 11 is 0. The fourth-order valence-corrected chi connectivity index (χ4v) is 6.77. The van der Waals surface area contributed by atoms with Crippen LogP contribution in [-0.4, -0.2) is 65.9 Å². The van der Waals surface area contributed by atoms with Crippen LogP contribution < -0.4 is 4.74 Å². The lowest BCUT2D eigenvalue weighted by molar-refractivity contribution is -0.148. The summed E-state index contributed by atoms with van der Waals surface area (Å²) in [5, 5.41) is 9.90. The Morgan fingerprint density at radius 3 is 2.61 bits per heavy atom. The van der Waals surface area contributed by atoms with Crippen LogP contribution in [0.4, 0.5) is 13.2 Å². The van der Waals surface area contributed by atoms with E-state index in [0.29, 0.717) is 48.7 Å². The topological polar surface area (TPSA) is 79.3 Å². The Labute approximate surface area is 238 Å². The molecule has 0 aromatic heterocycles. The summed E-state index contributed by atoms with van der Waals surface area (Å²) in [4.78, 5) is 29.9. The molecule has 5 rings (SSSR count). The van der Waals surface area contributed by atoms with Gasteiger partial charge in [-0.1, -0.05) is 12.1 Å². The number of benzene rings is 2. The van der Waals surface area contributed by atoms with Crippen molar-refractivity contribution in [1.29, 1.82) is 0 Å². The lowest BCUT2D eigenvalue weighted by Crippen LogP contribution is -2.47. The molecule has 1 saturated carbocycles. The number of carbonyl (C=O) groups excluding carboxylic acids is 2. The molecule has 2 fully saturated rings. The van der Waals surface area contributed by atoms with E-state index in [1.54, 1.807) is 13.0 Å². The van der Waals surface area contributed by atoms with Gasteiger partial charge in [0.2, 0.25) is 5.91 Å². The number of hydrogen-bond acceptors (Lipinski definition) is 6. The van der Waals surface area contributed by atoms with Crippen LogP contribution in [0.15, 0.2) is 42.5 Å². The van der Waals surface area contributed by atoms with Gasteiger partial charge in [-0.25, -0.2) is 4.79 Å². The van der Waals surface area contributed by atoms with Crippen LogP contribution in [0.2, 0.25) is 0 Å². The first-order valence-corrected chi connectivity index (χ1v) is 14.4. The number of halogens is 3. The van der Waals surface area contributed by atoms with Gasteiger partial charge in [-0.2, -0.15) is 13.2 Å². The molecule has 1 N–H and O–H groups in total. The molecule has 1 aliphatic carbocycles. The van der Waals surface area contributed by atoms with Crippen molar-refractivity contribution in [2.24, 2.45) is 5.41 Å². The maximum atomic E-state index is 13.9. The van der Waals surface area contributed by atoms with E-state index in [2.05, 4.69) is 11.0 Å². The van der Waals surface area contributed by atoms with Gasteiger partial charge in [0.05, 0.1) is 29.7 Å². The van der Waals surface area contributed by atoms with E-state index in [1.165, 1.54) is 11.0 Å². The summed E-state index contributed by atoms with van der Waals surface area (Å²) in [5.74, 6) is 0.213. The minimum Gasteiger partial charge on any atom is -0.473 e. The number of nitrogens with zero attached hydrogens (tertiary/aromatic N) is 2. The Bertz CT molecular complexity index is 1260. The number of aliphatic hydroxyl groups excluding tert-OH is 1. The van der Waals surface area contributed by atoms with Crippen molar-refractivity contribution in [3.05, 3.63) is 64.7 Å². The average Bonchev–Trinajstić information content (AvgIpc) is 3.41. The zero-order valence-electron chi connectivity index (χ0n) is 23.3. The molecule has 41 heavy (non-hydrogen) atoms. The van der Waals surface area contributed by atoms with Gasteiger partial charge in [-0.15, -0.1) is 0 Å². The molecule has 222 valence electrons. The first-order valence-electron chi connectivity index (χ1n) is 14.4. The summed E-state index contributed by atoms with van der Waals surface area (Å²) < 4.78 is 50.6. The van der Waals surface area contributed by atoms with Gasteiger partial charge in [0.25, 0.3) is 0 Å². The Morgan fingerprint density at radius 1 is 1.12 bits per heavy atom. The second kappa shape index (κ2) is 12.0. The lowest BCUT2D eigenvalue weighted by Gasteiger charge is -2.39. The van der Waals surface area contributed by atoms with Gasteiger partial charge in [0.15, 0.2) is 6.73 Å². The van der Waals surface area contributed by atoms with E-state index in [4.69, 9.17) is 9.47 Å². The van der Waals surface area contributed by atoms with Crippen LogP contribution in [0.3, 0.4) is 0 Å². The van der Waals surface area contributed by atoms with Crippen molar-refractivity contribution in [1.82, 2.24) is 9.80 Å². The molecule has 1 amide bonds. The van der Waals surface area contributed by atoms with E-state index in [-0.39, 0.29) is 37.8 Å². The summed E-state index contributed by atoms with van der Waals surface area (Å²) in [6, 6.07) is 11.2. The number of fused-ring (bicyclic) bond motifs is 1. The van der Waals surface area contributed by atoms with E-state index in [1.807, 2.05) is 12.1 Å². The van der Waals surface area contributed by atoms with Crippen molar-refractivity contribution in [2.75, 3.05) is 33.0 Å². The zero-order valence-corrected chi connectivity index (χ0v) is 23.3. The van der Waals surface area contributed by atoms with Crippen molar-refractivity contribution in [2.45, 2.75) is 70.1 Å². The average molecular weight is 575 g/mol. The van der Waals surface area contributed by atoms with Gasteiger partial charge < -0.3 is 24.4 Å². The Balaban J connectivity index is 1.23. The number of piperidine rings is 1. The first kappa shape index (κ1) is 29.4. The molecule has 10 heteroatoms. The van der Waals surface area contributed by atoms with E-state index >= 15 is 0 Å². The van der Waals surface area contributed by atoms with Gasteiger partial charge in [0.1, 0.15) is 5.75 Å². The largest absolute Gasteiger partial charge is 0.473 e. The van der Waals surface area contributed by atoms with E-state index in [0.717, 1.165) is 50.0 Å². The van der Waals surface area contributed by atoms with Gasteiger partial charge in [-0.05, 0) is 100 Å². The summed E-state index contributed by atoms with van der Waals surface area (Å²) in [7, 11) is 0. The molecular weight excluding hydrogens is 537 g/mol. The van der Waals surface area contributed by atoms with Gasteiger partial charge in [-0.3, -0.25) is 4.79 Å². The van der Waals surface area contributed by atoms with Gasteiger partial charge >= 0.3 is 12.1 Å². The minimum absolute atomic E-state index is 0.0225. The number of aliphatic hydroxyl groups is 1. The van der Waals surface area contributed by atoms with Gasteiger partial charge in [0, 0.05) is 18.2 Å². The monoisotopic (exact) mass is 574 g/mol. The Kier molecular flexibility index (Phi) is 8.61. The second-order valence-corrected chi connectivity index (χ2v) is 11.4. The summed E-state index contributed by atoms with van der Waals surface area (Å²) in [5.41, 5.74) is 0.491. The fraction of sp³-hybridized carbons (Fsp3) is 0.548. The summed E-state index contributed by atoms with van der Waals surface area (Å²) in [6.07, 6.45) is -0.269. The molecule has 1 saturated heterocycles. The third-order valence-corrected chi connectivity index (χ3v) is 8.95. The van der Waals surface area contributed by atoms with E-state index in [9.17, 15) is 27.9 Å². The molecule has 0 spiro atoms. The van der Waals surface area contributed by atoms with Crippen molar-refractivity contribution < 1.29 is 37.3 Å². The molecular formula is C31H37F3N2O5. The van der Waals surface area contributed by atoms with E-state index < -0.39 is 17.2 Å². The minimum atomic E-state index is -4.48. The highest BCUT2D eigenvalue weighted by Gasteiger charge is 2.49. The highest BCUT2D eigenvalue weighted by Crippen LogP contribution is 2.46. The second-order valence-electron chi connectivity index (χ2n) is 11.4. The quantitative estimate of drug-likeness (QED) is 0.449. The molecule has 0 unspecified atom stereocenters. The molecule has 7 nitrogen and oxygen atoms in total. The molecule has 3 aliphatic rings. The normalized spacial score (nSPS) is 23.6. The number of likely N-dealkylation sites (tertiary alicyclic amines) is 1. The predicted octanol–water partition coefficient (Wildman–Crippen LogP) is 5.36. The highest BCUT2D eigenvalue weighted by atomic mass is 19.4. The van der Waals surface area contributed by atoms with Crippen LogP contribution in [0.5, 0.6) is 5.75 Å². The van der Waals surface area contributed by atoms with Crippen LogP contribution in [0, 0.1) is 5.41 Å². The maximum Gasteiger partial charge on any atom is 0.416 e. The molecule has 2 aliphatic heterocycles. The van der Waals surface area contributed by atoms with Crippen molar-refractivity contribution in [3.63, 3.8) is 0 Å². The zero-order chi connectivity index (χ0) is 29.2.